The number of esters is 1. The number of ether oxygens (including phenoxy) is 1. The summed E-state index contributed by atoms with van der Waals surface area (Å²) in [6.07, 6.45) is 5.18. The van der Waals surface area contributed by atoms with E-state index in [0.29, 0.717) is 13.0 Å². The lowest BCUT2D eigenvalue weighted by atomic mass is 9.95. The first-order valence-corrected chi connectivity index (χ1v) is 10.5. The zero-order valence-corrected chi connectivity index (χ0v) is 16.9. The molecule has 2 amide bonds. The van der Waals surface area contributed by atoms with E-state index in [0.717, 1.165) is 37.0 Å². The smallest absolute Gasteiger partial charge is 0.307 e. The fourth-order valence-corrected chi connectivity index (χ4v) is 3.68. The Morgan fingerprint density at radius 2 is 1.86 bits per heavy atom. The van der Waals surface area contributed by atoms with Crippen LogP contribution in [-0.2, 0) is 19.1 Å². The molecule has 2 aliphatic rings. The van der Waals surface area contributed by atoms with Gasteiger partial charge in [0.1, 0.15) is 0 Å². The molecule has 1 aliphatic carbocycles. The van der Waals surface area contributed by atoms with Crippen molar-refractivity contribution in [1.29, 1.82) is 0 Å². The first-order chi connectivity index (χ1) is 14.0. The van der Waals surface area contributed by atoms with Crippen LogP contribution in [0, 0.1) is 0 Å². The van der Waals surface area contributed by atoms with Crippen LogP contribution in [0.15, 0.2) is 35.4 Å². The standard InChI is InChI=1S/C22H29N3O4/c1-16(22(28)23-18-10-6-3-7-11-18)29-21(27)13-12-20(26)25-15-14-19(24-25)17-8-4-2-5-9-17/h2,4-5,8-9,16,18H,3,6-7,10-15H2,1H3,(H,23,28)/t16-/m1/s1. The lowest BCUT2D eigenvalue weighted by Gasteiger charge is -2.24. The van der Waals surface area contributed by atoms with Gasteiger partial charge in [-0.3, -0.25) is 14.4 Å². The van der Waals surface area contributed by atoms with Gasteiger partial charge >= 0.3 is 5.97 Å². The van der Waals surface area contributed by atoms with Crippen molar-refractivity contribution >= 4 is 23.5 Å². The van der Waals surface area contributed by atoms with Gasteiger partial charge < -0.3 is 10.1 Å². The zero-order valence-electron chi connectivity index (χ0n) is 16.9. The Hall–Kier alpha value is -2.70. The maximum Gasteiger partial charge on any atom is 0.307 e. The zero-order chi connectivity index (χ0) is 20.6. The minimum Gasteiger partial charge on any atom is -0.453 e. The second-order valence-corrected chi connectivity index (χ2v) is 7.66. The molecule has 3 rings (SSSR count). The fourth-order valence-electron chi connectivity index (χ4n) is 3.68. The molecule has 1 aromatic carbocycles. The van der Waals surface area contributed by atoms with Gasteiger partial charge in [0.05, 0.1) is 18.7 Å². The van der Waals surface area contributed by atoms with E-state index in [9.17, 15) is 14.4 Å². The highest BCUT2D eigenvalue weighted by molar-refractivity contribution is 6.02. The van der Waals surface area contributed by atoms with Crippen LogP contribution in [0.5, 0.6) is 0 Å². The van der Waals surface area contributed by atoms with Crippen molar-refractivity contribution in [1.82, 2.24) is 10.3 Å². The maximum atomic E-state index is 12.3. The Labute approximate surface area is 171 Å². The number of hydrogen-bond donors (Lipinski definition) is 1. The van der Waals surface area contributed by atoms with Crippen LogP contribution in [0.4, 0.5) is 0 Å². The Morgan fingerprint density at radius 3 is 2.59 bits per heavy atom. The van der Waals surface area contributed by atoms with Gasteiger partial charge in [0, 0.05) is 18.9 Å². The molecule has 1 aliphatic heterocycles. The average molecular weight is 399 g/mol. The fraction of sp³-hybridized carbons (Fsp3) is 0.545. The van der Waals surface area contributed by atoms with E-state index >= 15 is 0 Å². The van der Waals surface area contributed by atoms with E-state index in [4.69, 9.17) is 4.74 Å². The summed E-state index contributed by atoms with van der Waals surface area (Å²) in [5.41, 5.74) is 1.87. The van der Waals surface area contributed by atoms with Gasteiger partial charge in [0.2, 0.25) is 5.91 Å². The SMILES string of the molecule is C[C@@H](OC(=O)CCC(=O)N1CCC(c2ccccc2)=N1)C(=O)NC1CCCCC1. The van der Waals surface area contributed by atoms with E-state index in [1.165, 1.54) is 11.4 Å². The highest BCUT2D eigenvalue weighted by Gasteiger charge is 2.25. The van der Waals surface area contributed by atoms with Crippen LogP contribution >= 0.6 is 0 Å². The van der Waals surface area contributed by atoms with Crippen molar-refractivity contribution in [2.24, 2.45) is 5.10 Å². The number of carbonyl (C=O) groups excluding carboxylic acids is 3. The van der Waals surface area contributed by atoms with Gasteiger partial charge in [-0.2, -0.15) is 5.10 Å². The lowest BCUT2D eigenvalue weighted by Crippen LogP contribution is -2.42. The average Bonchev–Trinajstić information content (AvgIpc) is 3.24. The number of nitrogens with one attached hydrogen (secondary N) is 1. The summed E-state index contributed by atoms with van der Waals surface area (Å²) in [6.45, 7) is 2.08. The topological polar surface area (TPSA) is 88.1 Å². The molecule has 1 fully saturated rings. The molecule has 0 unspecified atom stereocenters. The summed E-state index contributed by atoms with van der Waals surface area (Å²) in [5.74, 6) is -1.03. The van der Waals surface area contributed by atoms with Crippen molar-refractivity contribution in [2.45, 2.75) is 70.4 Å². The van der Waals surface area contributed by atoms with Crippen molar-refractivity contribution in [3.05, 3.63) is 35.9 Å². The number of hydrazone groups is 1. The molecule has 29 heavy (non-hydrogen) atoms. The number of hydrogen-bond acceptors (Lipinski definition) is 5. The van der Waals surface area contributed by atoms with Crippen LogP contribution in [0.2, 0.25) is 0 Å². The molecule has 1 aromatic rings. The van der Waals surface area contributed by atoms with Gasteiger partial charge in [-0.25, -0.2) is 5.01 Å². The first kappa shape index (κ1) is 21.0. The summed E-state index contributed by atoms with van der Waals surface area (Å²) >= 11 is 0. The van der Waals surface area contributed by atoms with Gasteiger partial charge in [-0.05, 0) is 25.3 Å². The molecule has 1 N–H and O–H groups in total. The lowest BCUT2D eigenvalue weighted by molar-refractivity contribution is -0.156. The molecule has 1 atom stereocenters. The molecule has 7 nitrogen and oxygen atoms in total. The predicted molar refractivity (Wildman–Crippen MR) is 109 cm³/mol. The molecule has 0 saturated heterocycles. The third kappa shape index (κ3) is 6.14. The van der Waals surface area contributed by atoms with Gasteiger partial charge in [-0.15, -0.1) is 0 Å². The van der Waals surface area contributed by atoms with Crippen LogP contribution in [-0.4, -0.2) is 47.2 Å². The van der Waals surface area contributed by atoms with E-state index in [1.807, 2.05) is 30.3 Å². The number of carbonyl (C=O) groups is 3. The molecular formula is C22H29N3O4. The maximum absolute atomic E-state index is 12.3. The quantitative estimate of drug-likeness (QED) is 0.714. The van der Waals surface area contributed by atoms with E-state index in [1.54, 1.807) is 6.92 Å². The minimum atomic E-state index is -0.853. The molecule has 0 aromatic heterocycles. The Bertz CT molecular complexity index is 757. The van der Waals surface area contributed by atoms with Gasteiger partial charge in [-0.1, -0.05) is 49.6 Å². The highest BCUT2D eigenvalue weighted by Crippen LogP contribution is 2.18. The first-order valence-electron chi connectivity index (χ1n) is 10.5. The number of amides is 2. The third-order valence-electron chi connectivity index (χ3n) is 5.37. The van der Waals surface area contributed by atoms with E-state index in [-0.39, 0.29) is 30.7 Å². The van der Waals surface area contributed by atoms with Gasteiger partial charge in [0.25, 0.3) is 5.91 Å². The second-order valence-electron chi connectivity index (χ2n) is 7.66. The molecule has 0 radical (unpaired) electrons. The molecule has 156 valence electrons. The number of nitrogens with zero attached hydrogens (tertiary/aromatic N) is 2. The monoisotopic (exact) mass is 399 g/mol. The summed E-state index contributed by atoms with van der Waals surface area (Å²) in [6, 6.07) is 9.90. The molecule has 0 spiro atoms. The van der Waals surface area contributed by atoms with Crippen molar-refractivity contribution < 1.29 is 19.1 Å². The molecular weight excluding hydrogens is 370 g/mol. The largest absolute Gasteiger partial charge is 0.453 e. The van der Waals surface area contributed by atoms with Crippen molar-refractivity contribution in [3.63, 3.8) is 0 Å². The Kier molecular flexibility index (Phi) is 7.38. The number of rotatable bonds is 7. The normalized spacial score (nSPS) is 18.1. The van der Waals surface area contributed by atoms with Crippen LogP contribution in [0.3, 0.4) is 0 Å². The summed E-state index contributed by atoms with van der Waals surface area (Å²) in [5, 5.41) is 8.73. The highest BCUT2D eigenvalue weighted by atomic mass is 16.5. The van der Waals surface area contributed by atoms with E-state index in [2.05, 4.69) is 10.4 Å². The van der Waals surface area contributed by atoms with Crippen molar-refractivity contribution in [2.75, 3.05) is 6.54 Å². The van der Waals surface area contributed by atoms with Crippen molar-refractivity contribution in [3.8, 4) is 0 Å². The summed E-state index contributed by atoms with van der Waals surface area (Å²) < 4.78 is 5.20. The van der Waals surface area contributed by atoms with Crippen LogP contribution in [0.25, 0.3) is 0 Å². The Balaban J connectivity index is 1.40. The molecule has 0 bridgehead atoms. The summed E-state index contributed by atoms with van der Waals surface area (Å²) in [7, 11) is 0. The summed E-state index contributed by atoms with van der Waals surface area (Å²) in [4.78, 5) is 36.6. The minimum absolute atomic E-state index is 0.0152. The predicted octanol–water partition coefficient (Wildman–Crippen LogP) is 2.78. The van der Waals surface area contributed by atoms with Crippen LogP contribution < -0.4 is 5.32 Å². The third-order valence-corrected chi connectivity index (χ3v) is 5.37. The molecule has 7 heteroatoms. The molecule has 1 saturated carbocycles. The molecule has 1 heterocycles. The van der Waals surface area contributed by atoms with Gasteiger partial charge in [0.15, 0.2) is 6.10 Å². The second kappa shape index (κ2) is 10.2. The number of benzene rings is 1. The van der Waals surface area contributed by atoms with Crippen LogP contribution in [0.1, 0.15) is 63.9 Å². The van der Waals surface area contributed by atoms with E-state index < -0.39 is 12.1 Å². The Morgan fingerprint density at radius 1 is 1.14 bits per heavy atom.